The summed E-state index contributed by atoms with van der Waals surface area (Å²) in [6, 6.07) is 16.6. The van der Waals surface area contributed by atoms with Crippen LogP contribution in [-0.2, 0) is 16.6 Å². The predicted molar refractivity (Wildman–Crippen MR) is 121 cm³/mol. The Hall–Kier alpha value is -2.42. The van der Waals surface area contributed by atoms with Crippen molar-refractivity contribution in [3.05, 3.63) is 91.6 Å². The third-order valence-electron chi connectivity index (χ3n) is 4.57. The fourth-order valence-corrected chi connectivity index (χ4v) is 5.76. The number of nitrogens with zero attached hydrogens (tertiary/aromatic N) is 1. The number of carbonyl (C=O) groups excluding carboxylic acids is 1. The zero-order valence-electron chi connectivity index (χ0n) is 15.4. The van der Waals surface area contributed by atoms with Crippen LogP contribution in [0.3, 0.4) is 0 Å². The first kappa shape index (κ1) is 19.9. The minimum atomic E-state index is -4.00. The van der Waals surface area contributed by atoms with E-state index in [1.165, 1.54) is 21.8 Å². The second-order valence-electron chi connectivity index (χ2n) is 6.62. The fraction of sp³-hybridized carbons (Fsp3) is 0.0952. The first-order chi connectivity index (χ1) is 13.9. The maximum atomic E-state index is 13.3. The van der Waals surface area contributed by atoms with Crippen molar-refractivity contribution in [3.63, 3.8) is 0 Å². The molecule has 2 aromatic carbocycles. The van der Waals surface area contributed by atoms with E-state index in [-0.39, 0.29) is 11.4 Å². The number of fused-ring (bicyclic) bond motifs is 1. The minimum absolute atomic E-state index is 0.162. The molecular formula is C21H17BrN2O3S2. The molecule has 1 aliphatic heterocycles. The van der Waals surface area contributed by atoms with E-state index >= 15 is 0 Å². The van der Waals surface area contributed by atoms with Crippen molar-refractivity contribution in [1.82, 2.24) is 0 Å². The summed E-state index contributed by atoms with van der Waals surface area (Å²) in [7, 11) is -4.00. The Labute approximate surface area is 181 Å². The number of hydrogen-bond acceptors (Lipinski definition) is 5. The van der Waals surface area contributed by atoms with Crippen LogP contribution in [0.1, 0.15) is 20.8 Å². The van der Waals surface area contributed by atoms with Crippen LogP contribution in [-0.4, -0.2) is 14.2 Å². The summed E-state index contributed by atoms with van der Waals surface area (Å²) in [4.78, 5) is 13.1. The number of Topliss-reactive ketones (excluding diaryl/α,β-unsaturated/α-hetero) is 1. The number of anilines is 2. The van der Waals surface area contributed by atoms with E-state index in [2.05, 4.69) is 21.2 Å². The number of aryl methyl sites for hydroxylation is 1. The normalized spacial score (nSPS) is 16.7. The van der Waals surface area contributed by atoms with Gasteiger partial charge in [-0.15, -0.1) is 11.3 Å². The highest BCUT2D eigenvalue weighted by Crippen LogP contribution is 2.39. The van der Waals surface area contributed by atoms with Crippen molar-refractivity contribution < 1.29 is 13.2 Å². The Morgan fingerprint density at radius 2 is 1.76 bits per heavy atom. The Morgan fingerprint density at radius 3 is 2.45 bits per heavy atom. The Kier molecular flexibility index (Phi) is 5.33. The van der Waals surface area contributed by atoms with Gasteiger partial charge < -0.3 is 5.32 Å². The minimum Gasteiger partial charge on any atom is -0.360 e. The van der Waals surface area contributed by atoms with Crippen molar-refractivity contribution in [1.29, 1.82) is 0 Å². The van der Waals surface area contributed by atoms with Gasteiger partial charge in [-0.2, -0.15) is 0 Å². The number of sulfonamides is 1. The zero-order valence-corrected chi connectivity index (χ0v) is 18.6. The monoisotopic (exact) mass is 488 g/mol. The third-order valence-corrected chi connectivity index (χ3v) is 7.77. The van der Waals surface area contributed by atoms with Gasteiger partial charge >= 0.3 is 0 Å². The van der Waals surface area contributed by atoms with E-state index in [0.717, 1.165) is 15.6 Å². The van der Waals surface area contributed by atoms with Crippen LogP contribution in [0.4, 0.5) is 11.4 Å². The molecule has 8 heteroatoms. The lowest BCUT2D eigenvalue weighted by atomic mass is 10.1. The molecule has 1 aromatic heterocycles. The summed E-state index contributed by atoms with van der Waals surface area (Å²) in [5.41, 5.74) is 3.07. The van der Waals surface area contributed by atoms with Crippen LogP contribution in [0.2, 0.25) is 0 Å². The second kappa shape index (κ2) is 7.78. The molecule has 148 valence electrons. The molecule has 4 rings (SSSR count). The maximum Gasteiger partial charge on any atom is 0.270 e. The summed E-state index contributed by atoms with van der Waals surface area (Å²) in [5.74, 6) is -0.486. The molecule has 0 bridgehead atoms. The van der Waals surface area contributed by atoms with Crippen molar-refractivity contribution >= 4 is 54.4 Å². The number of thiophene rings is 1. The Bertz CT molecular complexity index is 1200. The molecule has 3 aromatic rings. The molecule has 0 fully saturated rings. The average Bonchev–Trinajstić information content (AvgIpc) is 3.17. The lowest BCUT2D eigenvalue weighted by Gasteiger charge is -2.29. The molecule has 0 saturated carbocycles. The van der Waals surface area contributed by atoms with Crippen molar-refractivity contribution in [3.8, 4) is 0 Å². The molecule has 0 radical (unpaired) electrons. The maximum absolute atomic E-state index is 13.3. The molecule has 0 amide bonds. The molecule has 0 spiro atoms. The highest BCUT2D eigenvalue weighted by Gasteiger charge is 2.41. The molecular weight excluding hydrogens is 472 g/mol. The van der Waals surface area contributed by atoms with Gasteiger partial charge in [-0.25, -0.2) is 8.42 Å². The van der Waals surface area contributed by atoms with Crippen LogP contribution in [0.5, 0.6) is 0 Å². The van der Waals surface area contributed by atoms with Gasteiger partial charge in [0.2, 0.25) is 5.78 Å². The topological polar surface area (TPSA) is 66.5 Å². The zero-order chi connectivity index (χ0) is 20.6. The van der Waals surface area contributed by atoms with Crippen molar-refractivity contribution in [2.45, 2.75) is 13.5 Å². The van der Waals surface area contributed by atoms with Crippen molar-refractivity contribution in [2.24, 2.45) is 0 Å². The van der Waals surface area contributed by atoms with Crippen LogP contribution < -0.4 is 9.62 Å². The van der Waals surface area contributed by atoms with Crippen molar-refractivity contribution in [2.75, 3.05) is 9.62 Å². The first-order valence-corrected chi connectivity index (χ1v) is 11.9. The second-order valence-corrected chi connectivity index (χ2v) is 10.3. The van der Waals surface area contributed by atoms with Gasteiger partial charge in [0.15, 0.2) is 4.91 Å². The molecule has 5 nitrogen and oxygen atoms in total. The van der Waals surface area contributed by atoms with Gasteiger partial charge in [0.05, 0.1) is 12.2 Å². The van der Waals surface area contributed by atoms with E-state index in [1.807, 2.05) is 43.3 Å². The quantitative estimate of drug-likeness (QED) is 0.505. The number of carbonyl (C=O) groups is 1. The Morgan fingerprint density at radius 1 is 1.07 bits per heavy atom. The number of rotatable bonds is 4. The molecule has 0 aliphatic carbocycles. The fourth-order valence-electron chi connectivity index (χ4n) is 3.01. The summed E-state index contributed by atoms with van der Waals surface area (Å²) in [6.45, 7) is 2.14. The summed E-state index contributed by atoms with van der Waals surface area (Å²) in [6.07, 6.45) is 1.28. The molecule has 1 aliphatic rings. The summed E-state index contributed by atoms with van der Waals surface area (Å²) >= 11 is 4.61. The SMILES string of the molecule is Cc1ccc(CN2c3ccsc3C(=O)C(=CNc3ccc(Br)cc3)S2(=O)=O)cc1. The molecule has 0 saturated heterocycles. The van der Waals surface area contributed by atoms with Gasteiger partial charge in [0.25, 0.3) is 10.0 Å². The molecule has 0 unspecified atom stereocenters. The number of hydrogen-bond donors (Lipinski definition) is 1. The number of nitrogens with one attached hydrogen (secondary N) is 1. The van der Waals surface area contributed by atoms with Crippen LogP contribution in [0.15, 0.2) is 75.6 Å². The predicted octanol–water partition coefficient (Wildman–Crippen LogP) is 5.31. The number of ketones is 1. The lowest BCUT2D eigenvalue weighted by molar-refractivity contribution is 0.104. The molecule has 0 atom stereocenters. The van der Waals surface area contributed by atoms with Gasteiger partial charge in [-0.1, -0.05) is 45.8 Å². The Balaban J connectivity index is 1.73. The number of allylic oxidation sites excluding steroid dienone is 1. The van der Waals surface area contributed by atoms with E-state index in [1.54, 1.807) is 23.6 Å². The van der Waals surface area contributed by atoms with E-state index in [0.29, 0.717) is 16.3 Å². The van der Waals surface area contributed by atoms with Gasteiger partial charge in [0.1, 0.15) is 4.88 Å². The summed E-state index contributed by atoms with van der Waals surface area (Å²) in [5, 5.41) is 4.68. The van der Waals surface area contributed by atoms with Gasteiger partial charge in [-0.05, 0) is 48.2 Å². The van der Waals surface area contributed by atoms with Gasteiger partial charge in [0, 0.05) is 16.4 Å². The van der Waals surface area contributed by atoms with Crippen LogP contribution in [0.25, 0.3) is 0 Å². The van der Waals surface area contributed by atoms with Crippen LogP contribution in [0, 0.1) is 6.92 Å². The molecule has 2 heterocycles. The average molecular weight is 489 g/mol. The standard InChI is InChI=1S/C21H17BrN2O3S2/c1-14-2-4-15(5-3-14)13-24-18-10-11-28-21(18)20(25)19(29(24,26)27)12-23-17-8-6-16(22)7-9-17/h2-12,23H,13H2,1H3. The van der Waals surface area contributed by atoms with E-state index in [4.69, 9.17) is 0 Å². The molecule has 29 heavy (non-hydrogen) atoms. The van der Waals surface area contributed by atoms with E-state index in [9.17, 15) is 13.2 Å². The van der Waals surface area contributed by atoms with Gasteiger partial charge in [-0.3, -0.25) is 9.10 Å². The highest BCUT2D eigenvalue weighted by atomic mass is 79.9. The first-order valence-electron chi connectivity index (χ1n) is 8.79. The third kappa shape index (κ3) is 3.88. The lowest BCUT2D eigenvalue weighted by Crippen LogP contribution is -2.38. The van der Waals surface area contributed by atoms with E-state index < -0.39 is 15.8 Å². The largest absolute Gasteiger partial charge is 0.360 e. The smallest absolute Gasteiger partial charge is 0.270 e. The van der Waals surface area contributed by atoms with Crippen LogP contribution >= 0.6 is 27.3 Å². The molecule has 1 N–H and O–H groups in total. The number of halogens is 1. The summed E-state index contributed by atoms with van der Waals surface area (Å²) < 4.78 is 28.9. The number of benzene rings is 2. The highest BCUT2D eigenvalue weighted by molar-refractivity contribution is 9.10.